The third kappa shape index (κ3) is 14.4. The third-order valence-electron chi connectivity index (χ3n) is 7.17. The average molecular weight is 769 g/mol. The summed E-state index contributed by atoms with van der Waals surface area (Å²) in [6, 6.07) is 0. The van der Waals surface area contributed by atoms with Gasteiger partial charge in [-0.1, -0.05) is 0 Å². The van der Waals surface area contributed by atoms with Crippen molar-refractivity contribution in [1.29, 1.82) is 0 Å². The molecule has 0 radical (unpaired) electrons. The summed E-state index contributed by atoms with van der Waals surface area (Å²) in [6.07, 6.45) is -0.719. The van der Waals surface area contributed by atoms with E-state index < -0.39 is 0 Å². The normalized spacial score (nSPS) is 39.3. The first-order valence-corrected chi connectivity index (χ1v) is 24.8. The Labute approximate surface area is 297 Å². The van der Waals surface area contributed by atoms with E-state index in [4.69, 9.17) is 37.9 Å². The second-order valence-electron chi connectivity index (χ2n) is 10.5. The fourth-order valence-corrected chi connectivity index (χ4v) is 13.5. The van der Waals surface area contributed by atoms with Crippen LogP contribution in [0, 0.1) is 0 Å². The molecule has 0 aromatic heterocycles. The summed E-state index contributed by atoms with van der Waals surface area (Å²) in [7, 11) is 0. The maximum absolute atomic E-state index is 6.16. The molecule has 12 aliphatic heterocycles. The van der Waals surface area contributed by atoms with Crippen LogP contribution in [0.5, 0.6) is 0 Å². The molecule has 0 aromatic rings. The quantitative estimate of drug-likeness (QED) is 0.338. The van der Waals surface area contributed by atoms with Crippen LogP contribution in [-0.2, 0) is 37.9 Å². The first-order chi connectivity index (χ1) is 21.8. The Kier molecular flexibility index (Phi) is 19.8. The Bertz CT molecular complexity index is 646. The molecule has 16 heteroatoms. The Hall–Kier alpha value is 2.48. The van der Waals surface area contributed by atoms with Gasteiger partial charge in [-0.05, 0) is 0 Å². The van der Waals surface area contributed by atoms with Gasteiger partial charge in [-0.15, -0.1) is 0 Å². The molecule has 0 saturated carbocycles. The van der Waals surface area contributed by atoms with Crippen LogP contribution >= 0.6 is 94.1 Å². The minimum atomic E-state index is -0.161. The molecular formula is C28H48O8S8. The smallest absolute Gasteiger partial charge is 0.167 e. The zero-order valence-corrected chi connectivity index (χ0v) is 31.8. The van der Waals surface area contributed by atoms with Crippen molar-refractivity contribution in [3.8, 4) is 0 Å². The molecule has 8 nitrogen and oxygen atoms in total. The zero-order valence-electron chi connectivity index (χ0n) is 25.3. The molecule has 0 spiro atoms. The van der Waals surface area contributed by atoms with E-state index in [9.17, 15) is 0 Å². The molecule has 12 rings (SSSR count). The standard InChI is InChI=1S/C28H48O8S8/c1-2-38-6-10-42-18-26-30-15-24-23(34-26)16-32-28(36-24)20-44-12-8-40-4-3-39-7-11-43-19-27-31-14-21-22(35-27)13-29-25(33-21)17-41-9-5-37-1/h21-28H,1-20H2/t21-,22-,23-,24-,25+,26+,27+,28+/m0/s1. The predicted molar refractivity (Wildman–Crippen MR) is 197 cm³/mol. The van der Waals surface area contributed by atoms with Gasteiger partial charge in [-0.2, -0.15) is 94.1 Å². The highest BCUT2D eigenvalue weighted by molar-refractivity contribution is 8.06. The predicted octanol–water partition coefficient (Wildman–Crippen LogP) is 4.83. The van der Waals surface area contributed by atoms with Gasteiger partial charge < -0.3 is 37.9 Å². The molecule has 256 valence electrons. The second-order valence-corrected chi connectivity index (χ2v) is 20.0. The van der Waals surface area contributed by atoms with Gasteiger partial charge >= 0.3 is 0 Å². The average Bonchev–Trinajstić information content (AvgIpc) is 3.05. The molecular weight excluding hydrogens is 721 g/mol. The van der Waals surface area contributed by atoms with Crippen LogP contribution in [0.2, 0.25) is 0 Å². The summed E-state index contributed by atoms with van der Waals surface area (Å²) in [5, 5.41) is 0. The van der Waals surface area contributed by atoms with E-state index in [0.29, 0.717) is 26.4 Å². The Morgan fingerprint density at radius 3 is 0.705 bits per heavy atom. The lowest BCUT2D eigenvalue weighted by Gasteiger charge is -2.41. The van der Waals surface area contributed by atoms with Gasteiger partial charge in [0.2, 0.25) is 0 Å². The summed E-state index contributed by atoms with van der Waals surface area (Å²) in [5.74, 6) is 17.3. The molecule has 8 bridgehead atoms. The van der Waals surface area contributed by atoms with E-state index in [1.54, 1.807) is 0 Å². The van der Waals surface area contributed by atoms with Gasteiger partial charge in [-0.25, -0.2) is 0 Å². The van der Waals surface area contributed by atoms with Crippen LogP contribution in [-0.4, -0.2) is 168 Å². The van der Waals surface area contributed by atoms with Gasteiger partial charge in [-0.3, -0.25) is 0 Å². The summed E-state index contributed by atoms with van der Waals surface area (Å²) in [6.45, 7) is 2.39. The molecule has 0 N–H and O–H groups in total. The first-order valence-electron chi connectivity index (χ1n) is 15.5. The van der Waals surface area contributed by atoms with Crippen molar-refractivity contribution >= 4 is 94.1 Å². The van der Waals surface area contributed by atoms with E-state index in [0.717, 1.165) is 69.0 Å². The van der Waals surface area contributed by atoms with Crippen LogP contribution in [0.4, 0.5) is 0 Å². The fraction of sp³-hybridized carbons (Fsp3) is 1.00. The van der Waals surface area contributed by atoms with Crippen molar-refractivity contribution in [2.24, 2.45) is 0 Å². The van der Waals surface area contributed by atoms with Crippen LogP contribution in [0.15, 0.2) is 0 Å². The van der Waals surface area contributed by atoms with E-state index in [2.05, 4.69) is 0 Å². The molecule has 12 heterocycles. The topological polar surface area (TPSA) is 73.8 Å². The molecule has 0 unspecified atom stereocenters. The maximum Gasteiger partial charge on any atom is 0.167 e. The molecule has 0 amide bonds. The lowest BCUT2D eigenvalue weighted by Crippen LogP contribution is -2.54. The highest BCUT2D eigenvalue weighted by atomic mass is 32.2. The van der Waals surface area contributed by atoms with E-state index in [-0.39, 0.29) is 49.6 Å². The molecule has 44 heavy (non-hydrogen) atoms. The van der Waals surface area contributed by atoms with Crippen LogP contribution in [0.1, 0.15) is 0 Å². The number of hydrogen-bond acceptors (Lipinski definition) is 16. The Balaban J connectivity index is 0.964. The van der Waals surface area contributed by atoms with E-state index >= 15 is 0 Å². The van der Waals surface area contributed by atoms with Crippen molar-refractivity contribution in [2.45, 2.75) is 49.6 Å². The van der Waals surface area contributed by atoms with Crippen LogP contribution in [0.25, 0.3) is 0 Å². The number of thioether (sulfide) groups is 8. The van der Waals surface area contributed by atoms with Gasteiger partial charge in [0.15, 0.2) is 25.2 Å². The number of rotatable bonds is 0. The van der Waals surface area contributed by atoms with Crippen molar-refractivity contribution in [2.75, 3.05) is 118 Å². The van der Waals surface area contributed by atoms with Gasteiger partial charge in [0.05, 0.1) is 26.4 Å². The highest BCUT2D eigenvalue weighted by Gasteiger charge is 2.39. The van der Waals surface area contributed by atoms with Gasteiger partial charge in [0.1, 0.15) is 24.4 Å². The monoisotopic (exact) mass is 768 g/mol. The minimum Gasteiger partial charge on any atom is -0.349 e. The minimum absolute atomic E-state index is 0.0183. The van der Waals surface area contributed by atoms with Gasteiger partial charge in [0, 0.05) is 92.0 Å². The third-order valence-corrected chi connectivity index (χ3v) is 16.7. The number of hydrogen-bond donors (Lipinski definition) is 0. The molecule has 12 aliphatic rings. The lowest BCUT2D eigenvalue weighted by molar-refractivity contribution is -0.326. The van der Waals surface area contributed by atoms with Crippen molar-refractivity contribution < 1.29 is 37.9 Å². The molecule has 0 aliphatic carbocycles. The number of ether oxygens (including phenoxy) is 8. The largest absolute Gasteiger partial charge is 0.349 e. The summed E-state index contributed by atoms with van der Waals surface area (Å²) >= 11 is 15.8. The Morgan fingerprint density at radius 2 is 0.477 bits per heavy atom. The van der Waals surface area contributed by atoms with E-state index in [1.165, 1.54) is 23.0 Å². The van der Waals surface area contributed by atoms with Crippen molar-refractivity contribution in [3.63, 3.8) is 0 Å². The second kappa shape index (κ2) is 23.0. The first kappa shape index (κ1) is 37.7. The molecule has 0 aromatic carbocycles. The summed E-state index contributed by atoms with van der Waals surface area (Å²) in [4.78, 5) is 0. The molecule has 8 atom stereocenters. The van der Waals surface area contributed by atoms with Crippen LogP contribution < -0.4 is 0 Å². The highest BCUT2D eigenvalue weighted by Crippen LogP contribution is 2.28. The lowest BCUT2D eigenvalue weighted by atomic mass is 10.2. The van der Waals surface area contributed by atoms with Crippen LogP contribution in [0.3, 0.4) is 0 Å². The molecule has 12 saturated heterocycles. The zero-order chi connectivity index (χ0) is 30.1. The van der Waals surface area contributed by atoms with Crippen molar-refractivity contribution in [3.05, 3.63) is 0 Å². The van der Waals surface area contributed by atoms with Gasteiger partial charge in [0.25, 0.3) is 0 Å². The maximum atomic E-state index is 6.16. The van der Waals surface area contributed by atoms with E-state index in [1.807, 2.05) is 94.1 Å². The van der Waals surface area contributed by atoms with Crippen molar-refractivity contribution in [1.82, 2.24) is 0 Å². The fourth-order valence-electron chi connectivity index (χ4n) is 4.87. The summed E-state index contributed by atoms with van der Waals surface area (Å²) < 4.78 is 48.6. The summed E-state index contributed by atoms with van der Waals surface area (Å²) in [5.41, 5.74) is 0. The SMILES string of the molecule is C1CSCCSC[C@@H]2OC[C@@H]3O[C@H](CSCCSCCSCCSC[C@@H]4OC[C@@H]5O[C@H](CSCCS1)OC[C@@H]5O4)OC[C@@H]3O2. The molecule has 12 fully saturated rings. The Morgan fingerprint density at radius 1 is 0.273 bits per heavy atom.